The lowest BCUT2D eigenvalue weighted by Crippen LogP contribution is -2.23. The Labute approximate surface area is 253 Å². The summed E-state index contributed by atoms with van der Waals surface area (Å²) in [6, 6.07) is 14.5. The summed E-state index contributed by atoms with van der Waals surface area (Å²) >= 11 is 13.6. The van der Waals surface area contributed by atoms with E-state index in [0.717, 1.165) is 10.0 Å². The summed E-state index contributed by atoms with van der Waals surface area (Å²) in [7, 11) is 0. The predicted molar refractivity (Wildman–Crippen MR) is 166 cm³/mol. The standard InChI is InChI=1S/C29H27Br2ClN4O4/c1-5-39-23-12-18(14-33-36-28(16(2)3)35-22-11-10-19(30)13-20(22)29(36)38)25(31)26(32)27(23)40-15-24(37)34-21-9-7-6-8-17(21)4/h6-14,16H,5,15H2,1-4H3,(H,34,37). The second-order valence-corrected chi connectivity index (χ2v) is 11.2. The van der Waals surface area contributed by atoms with E-state index < -0.39 is 0 Å². The molecule has 4 aromatic rings. The maximum absolute atomic E-state index is 13.4. The molecule has 0 bridgehead atoms. The van der Waals surface area contributed by atoms with Gasteiger partial charge in [-0.1, -0.05) is 59.6 Å². The van der Waals surface area contributed by atoms with Crippen molar-refractivity contribution in [2.45, 2.75) is 33.6 Å². The monoisotopic (exact) mass is 688 g/mol. The van der Waals surface area contributed by atoms with Gasteiger partial charge in [-0.2, -0.15) is 9.78 Å². The molecule has 8 nitrogen and oxygen atoms in total. The normalized spacial score (nSPS) is 11.4. The minimum absolute atomic E-state index is 0.0643. The van der Waals surface area contributed by atoms with Gasteiger partial charge in [0.2, 0.25) is 0 Å². The Bertz CT molecular complexity index is 1670. The maximum Gasteiger partial charge on any atom is 0.282 e. The fraction of sp³-hybridized carbons (Fsp3) is 0.241. The lowest BCUT2D eigenvalue weighted by Gasteiger charge is -2.16. The van der Waals surface area contributed by atoms with Crippen molar-refractivity contribution < 1.29 is 14.3 Å². The summed E-state index contributed by atoms with van der Waals surface area (Å²) < 4.78 is 14.1. The molecule has 0 aliphatic carbocycles. The number of ether oxygens (including phenoxy) is 2. The van der Waals surface area contributed by atoms with Crippen molar-refractivity contribution in [2.24, 2.45) is 5.10 Å². The number of nitrogens with zero attached hydrogens (tertiary/aromatic N) is 3. The number of amides is 1. The van der Waals surface area contributed by atoms with Crippen LogP contribution in [0.1, 0.15) is 43.6 Å². The largest absolute Gasteiger partial charge is 0.490 e. The summed E-state index contributed by atoms with van der Waals surface area (Å²) in [5, 5.41) is 7.96. The molecule has 0 atom stereocenters. The molecule has 0 saturated carbocycles. The Morgan fingerprint density at radius 3 is 2.62 bits per heavy atom. The third kappa shape index (κ3) is 6.56. The van der Waals surface area contributed by atoms with Crippen LogP contribution in [0, 0.1) is 6.92 Å². The first-order valence-corrected chi connectivity index (χ1v) is 14.5. The maximum atomic E-state index is 13.4. The number of nitrogens with one attached hydrogen (secondary N) is 1. The number of aromatic nitrogens is 2. The number of aryl methyl sites for hydroxylation is 1. The third-order valence-corrected chi connectivity index (χ3v) is 7.82. The van der Waals surface area contributed by atoms with Gasteiger partial charge in [-0.25, -0.2) is 4.98 Å². The van der Waals surface area contributed by atoms with Gasteiger partial charge in [0.05, 0.1) is 23.7 Å². The number of para-hydroxylation sites is 1. The van der Waals surface area contributed by atoms with Crippen molar-refractivity contribution in [1.29, 1.82) is 0 Å². The average Bonchev–Trinajstić information content (AvgIpc) is 2.92. The number of hydrogen-bond acceptors (Lipinski definition) is 6. The number of anilines is 1. The van der Waals surface area contributed by atoms with E-state index in [1.807, 2.05) is 58.0 Å². The van der Waals surface area contributed by atoms with Crippen molar-refractivity contribution in [2.75, 3.05) is 18.5 Å². The molecule has 0 saturated heterocycles. The lowest BCUT2D eigenvalue weighted by atomic mass is 10.2. The van der Waals surface area contributed by atoms with Crippen LogP contribution in [0.2, 0.25) is 5.02 Å². The van der Waals surface area contributed by atoms with Crippen molar-refractivity contribution in [3.63, 3.8) is 0 Å². The van der Waals surface area contributed by atoms with Gasteiger partial charge in [0.1, 0.15) is 10.8 Å². The molecule has 1 N–H and O–H groups in total. The first kappa shape index (κ1) is 29.8. The smallest absolute Gasteiger partial charge is 0.282 e. The number of hydrogen-bond donors (Lipinski definition) is 1. The van der Waals surface area contributed by atoms with Crippen LogP contribution in [0.5, 0.6) is 11.5 Å². The number of halogens is 3. The van der Waals surface area contributed by atoms with Gasteiger partial charge in [0.25, 0.3) is 11.5 Å². The first-order chi connectivity index (χ1) is 19.1. The highest BCUT2D eigenvalue weighted by Gasteiger charge is 2.20. The molecule has 40 heavy (non-hydrogen) atoms. The Morgan fingerprint density at radius 1 is 1.18 bits per heavy atom. The highest BCUT2D eigenvalue weighted by atomic mass is 79.9. The highest BCUT2D eigenvalue weighted by Crippen LogP contribution is 2.42. The summed E-state index contributed by atoms with van der Waals surface area (Å²) in [6.07, 6.45) is 1.51. The van der Waals surface area contributed by atoms with E-state index in [0.29, 0.717) is 44.8 Å². The molecule has 0 aliphatic heterocycles. The number of carbonyl (C=O) groups is 1. The van der Waals surface area contributed by atoms with Gasteiger partial charge in [-0.3, -0.25) is 9.59 Å². The number of benzene rings is 3. The van der Waals surface area contributed by atoms with Gasteiger partial charge in [-0.05, 0) is 65.7 Å². The molecule has 1 heterocycles. The molecular formula is C29H27Br2ClN4O4. The van der Waals surface area contributed by atoms with E-state index in [1.165, 1.54) is 10.9 Å². The van der Waals surface area contributed by atoms with Crippen molar-refractivity contribution >= 4 is 72.2 Å². The van der Waals surface area contributed by atoms with Crippen LogP contribution < -0.4 is 20.3 Å². The highest BCUT2D eigenvalue weighted by molar-refractivity contribution is 9.10. The molecule has 1 aromatic heterocycles. The van der Waals surface area contributed by atoms with E-state index in [-0.39, 0.29) is 34.8 Å². The van der Waals surface area contributed by atoms with E-state index >= 15 is 0 Å². The lowest BCUT2D eigenvalue weighted by molar-refractivity contribution is -0.118. The Morgan fingerprint density at radius 2 is 1.93 bits per heavy atom. The van der Waals surface area contributed by atoms with E-state index in [1.54, 1.807) is 18.2 Å². The quantitative estimate of drug-likeness (QED) is 0.186. The summed E-state index contributed by atoms with van der Waals surface area (Å²) in [4.78, 5) is 30.6. The molecule has 0 unspecified atom stereocenters. The zero-order valence-corrected chi connectivity index (χ0v) is 26.2. The molecule has 1 amide bonds. The molecule has 0 spiro atoms. The number of rotatable bonds is 9. The van der Waals surface area contributed by atoms with Crippen molar-refractivity contribution in [1.82, 2.24) is 9.66 Å². The zero-order valence-electron chi connectivity index (χ0n) is 22.3. The fourth-order valence-electron chi connectivity index (χ4n) is 3.90. The minimum Gasteiger partial charge on any atom is -0.490 e. The molecule has 4 rings (SSSR count). The van der Waals surface area contributed by atoms with Crippen LogP contribution in [0.25, 0.3) is 10.9 Å². The van der Waals surface area contributed by atoms with Crippen LogP contribution in [-0.4, -0.2) is 35.0 Å². The molecule has 11 heteroatoms. The first-order valence-electron chi connectivity index (χ1n) is 12.5. The third-order valence-electron chi connectivity index (χ3n) is 5.88. The average molecular weight is 691 g/mol. The Kier molecular flexibility index (Phi) is 9.65. The SMILES string of the molecule is CCOc1cc(C=Nn2c(C(C)C)nc3ccc(Br)cc3c2=O)c(Br)c(Cl)c1OCC(=O)Nc1ccccc1C. The predicted octanol–water partition coefficient (Wildman–Crippen LogP) is 7.31. The van der Waals surface area contributed by atoms with Crippen LogP contribution in [0.15, 0.2) is 67.4 Å². The van der Waals surface area contributed by atoms with Gasteiger partial charge in [0, 0.05) is 26.1 Å². The Hall–Kier alpha value is -3.21. The van der Waals surface area contributed by atoms with Gasteiger partial charge in [0.15, 0.2) is 18.1 Å². The summed E-state index contributed by atoms with van der Waals surface area (Å²) in [5.74, 6) is 0.654. The van der Waals surface area contributed by atoms with Crippen molar-refractivity contribution in [3.05, 3.63) is 89.8 Å². The van der Waals surface area contributed by atoms with Gasteiger partial charge < -0.3 is 14.8 Å². The second-order valence-electron chi connectivity index (χ2n) is 9.15. The molecule has 0 radical (unpaired) electrons. The van der Waals surface area contributed by atoms with Crippen LogP contribution in [0.3, 0.4) is 0 Å². The van der Waals surface area contributed by atoms with Crippen molar-refractivity contribution in [3.8, 4) is 11.5 Å². The number of fused-ring (bicyclic) bond motifs is 1. The van der Waals surface area contributed by atoms with Gasteiger partial charge in [-0.15, -0.1) is 0 Å². The molecular weight excluding hydrogens is 664 g/mol. The second kappa shape index (κ2) is 13.0. The zero-order chi connectivity index (χ0) is 29.0. The van der Waals surface area contributed by atoms with E-state index in [4.69, 9.17) is 21.1 Å². The van der Waals surface area contributed by atoms with E-state index in [9.17, 15) is 9.59 Å². The molecule has 0 fully saturated rings. The summed E-state index contributed by atoms with van der Waals surface area (Å²) in [6.45, 7) is 7.68. The molecule has 0 aliphatic rings. The summed E-state index contributed by atoms with van der Waals surface area (Å²) in [5.41, 5.74) is 2.48. The van der Waals surface area contributed by atoms with E-state index in [2.05, 4.69) is 47.3 Å². The molecule has 3 aromatic carbocycles. The topological polar surface area (TPSA) is 94.8 Å². The van der Waals surface area contributed by atoms with Crippen LogP contribution in [0.4, 0.5) is 5.69 Å². The number of carbonyl (C=O) groups excluding carboxylic acids is 1. The Balaban J connectivity index is 1.67. The van der Waals surface area contributed by atoms with Crippen LogP contribution >= 0.6 is 43.5 Å². The van der Waals surface area contributed by atoms with Gasteiger partial charge >= 0.3 is 0 Å². The van der Waals surface area contributed by atoms with Crippen LogP contribution in [-0.2, 0) is 4.79 Å². The minimum atomic E-state index is -0.342. The molecule has 208 valence electrons. The fourth-order valence-corrected chi connectivity index (χ4v) is 4.92.